The number of benzene rings is 2. The zero-order valence-corrected chi connectivity index (χ0v) is 30.0. The Morgan fingerprint density at radius 2 is 1.13 bits per heavy atom. The minimum absolute atomic E-state index is 0.0323. The Morgan fingerprint density at radius 3 is 1.70 bits per heavy atom. The number of hydrogen-bond acceptors (Lipinski definition) is 12. The molecule has 0 radical (unpaired) electrons. The van der Waals surface area contributed by atoms with Gasteiger partial charge in [0.15, 0.2) is 0 Å². The van der Waals surface area contributed by atoms with E-state index in [-0.39, 0.29) is 36.5 Å². The summed E-state index contributed by atoms with van der Waals surface area (Å²) in [6, 6.07) is 5.78. The van der Waals surface area contributed by atoms with Gasteiger partial charge >= 0.3 is 5.97 Å². The molecule has 6 atom stereocenters. The lowest BCUT2D eigenvalue weighted by molar-refractivity contribution is -0.141. The van der Waals surface area contributed by atoms with E-state index in [2.05, 4.69) is 26.6 Å². The summed E-state index contributed by atoms with van der Waals surface area (Å²) in [5.74, 6) is -8.16. The first-order chi connectivity index (χ1) is 25.1. The number of nitrogens with one attached hydrogen (secondary N) is 5. The second kappa shape index (κ2) is 20.6. The van der Waals surface area contributed by atoms with Gasteiger partial charge in [-0.2, -0.15) is 0 Å². The standard InChI is InChI=1S/C33H42N8O10S2/c34-20-15-52-53-16-25(33(50)51)41-32(49)24(14-27(36)44)40-29(46)21(10-11-26(35)43)37-30(47)23(12-17-4-2-1-3-5-17)39-31(48)22(38-28(20)45)13-18-6-8-19(42)9-7-18/h1-9,20-25,42H,10-16,34H2,(H2,35,43)(H2,36,44)(H,37,47)(H,38,45)(H,39,48)(H,40,46)(H,41,49)(H,50,51). The maximum absolute atomic E-state index is 13.9. The quantitative estimate of drug-likeness (QED) is 0.112. The molecule has 286 valence electrons. The van der Waals surface area contributed by atoms with Crippen molar-refractivity contribution in [2.75, 3.05) is 11.5 Å². The number of phenolic OH excluding ortho intramolecular Hbond substituents is 1. The molecular formula is C33H42N8O10S2. The molecule has 2 aromatic carbocycles. The average Bonchev–Trinajstić information content (AvgIpc) is 3.10. The highest BCUT2D eigenvalue weighted by Gasteiger charge is 2.34. The monoisotopic (exact) mass is 774 g/mol. The van der Waals surface area contributed by atoms with Crippen molar-refractivity contribution in [1.82, 2.24) is 26.6 Å². The first-order valence-electron chi connectivity index (χ1n) is 16.3. The topological polar surface area (TPSA) is 315 Å². The second-order valence-electron chi connectivity index (χ2n) is 12.1. The number of rotatable bonds is 10. The number of carbonyl (C=O) groups excluding carboxylic acids is 7. The fourth-order valence-electron chi connectivity index (χ4n) is 4.96. The average molecular weight is 775 g/mol. The summed E-state index contributed by atoms with van der Waals surface area (Å²) in [6.45, 7) is 0. The first kappa shape index (κ1) is 42.1. The smallest absolute Gasteiger partial charge is 0.327 e. The number of aliphatic carboxylic acids is 1. The number of amides is 7. The Balaban J connectivity index is 2.05. The second-order valence-corrected chi connectivity index (χ2v) is 14.6. The fraction of sp³-hybridized carbons (Fsp3) is 0.394. The van der Waals surface area contributed by atoms with Crippen LogP contribution in [0.5, 0.6) is 5.75 Å². The van der Waals surface area contributed by atoms with E-state index >= 15 is 0 Å². The van der Waals surface area contributed by atoms with E-state index in [0.29, 0.717) is 11.1 Å². The molecule has 0 bridgehead atoms. The molecular weight excluding hydrogens is 733 g/mol. The fourth-order valence-corrected chi connectivity index (χ4v) is 7.24. The van der Waals surface area contributed by atoms with Crippen LogP contribution in [0.2, 0.25) is 0 Å². The highest BCUT2D eigenvalue weighted by Crippen LogP contribution is 2.23. The maximum atomic E-state index is 13.9. The molecule has 0 saturated carbocycles. The molecule has 2 aromatic rings. The summed E-state index contributed by atoms with van der Waals surface area (Å²) in [4.78, 5) is 103. The number of phenols is 1. The van der Waals surface area contributed by atoms with Crippen molar-refractivity contribution >= 4 is 68.9 Å². The predicted molar refractivity (Wildman–Crippen MR) is 194 cm³/mol. The molecule has 1 heterocycles. The van der Waals surface area contributed by atoms with E-state index in [9.17, 15) is 48.6 Å². The molecule has 1 aliphatic heterocycles. The van der Waals surface area contributed by atoms with Crippen LogP contribution in [0.15, 0.2) is 54.6 Å². The lowest BCUT2D eigenvalue weighted by atomic mass is 10.0. The first-order valence-corrected chi connectivity index (χ1v) is 18.7. The van der Waals surface area contributed by atoms with Gasteiger partial charge in [-0.05, 0) is 29.7 Å². The SMILES string of the molecule is NC(=O)CCC1NC(=O)C(Cc2ccccc2)NC(=O)C(Cc2ccc(O)cc2)NC(=O)C(N)CSSCC(C(=O)O)NC(=O)C(CC(N)=O)NC1=O. The molecule has 1 aliphatic rings. The van der Waals surface area contributed by atoms with E-state index in [1.165, 1.54) is 24.3 Å². The van der Waals surface area contributed by atoms with E-state index in [1.54, 1.807) is 30.3 Å². The molecule has 0 aromatic heterocycles. The van der Waals surface area contributed by atoms with Crippen molar-refractivity contribution in [2.45, 2.75) is 68.4 Å². The van der Waals surface area contributed by atoms with Crippen molar-refractivity contribution in [3.05, 3.63) is 65.7 Å². The number of aromatic hydroxyl groups is 1. The number of nitrogens with two attached hydrogens (primary N) is 3. The van der Waals surface area contributed by atoms with Crippen LogP contribution in [0.3, 0.4) is 0 Å². The molecule has 1 fully saturated rings. The van der Waals surface area contributed by atoms with Gasteiger partial charge in [0.05, 0.1) is 12.5 Å². The van der Waals surface area contributed by atoms with Gasteiger partial charge < -0.3 is 54.0 Å². The van der Waals surface area contributed by atoms with Crippen LogP contribution in [-0.4, -0.2) is 105 Å². The number of carboxylic acid groups (broad SMARTS) is 1. The van der Waals surface area contributed by atoms with Gasteiger partial charge in [0.1, 0.15) is 36.0 Å². The summed E-state index contributed by atoms with van der Waals surface area (Å²) >= 11 is 0. The molecule has 0 aliphatic carbocycles. The zero-order valence-electron chi connectivity index (χ0n) is 28.3. The Labute approximate surface area is 311 Å². The third-order valence-corrected chi connectivity index (χ3v) is 10.2. The molecule has 0 spiro atoms. The molecule has 3 rings (SSSR count). The van der Waals surface area contributed by atoms with Gasteiger partial charge in [-0.25, -0.2) is 4.79 Å². The van der Waals surface area contributed by atoms with Gasteiger partial charge in [-0.15, -0.1) is 0 Å². The minimum Gasteiger partial charge on any atom is -0.508 e. The third-order valence-electron chi connectivity index (χ3n) is 7.79. The van der Waals surface area contributed by atoms with Crippen LogP contribution in [0.25, 0.3) is 0 Å². The lowest BCUT2D eigenvalue weighted by Gasteiger charge is -2.27. The van der Waals surface area contributed by atoms with Crippen molar-refractivity contribution in [3.63, 3.8) is 0 Å². The van der Waals surface area contributed by atoms with E-state index in [1.807, 2.05) is 0 Å². The Kier molecular flexibility index (Phi) is 16.4. The van der Waals surface area contributed by atoms with Gasteiger partial charge in [-0.3, -0.25) is 33.6 Å². The molecule has 18 nitrogen and oxygen atoms in total. The lowest BCUT2D eigenvalue weighted by Crippen LogP contribution is -2.60. The molecule has 13 N–H and O–H groups in total. The van der Waals surface area contributed by atoms with Crippen molar-refractivity contribution < 1.29 is 48.6 Å². The Morgan fingerprint density at radius 1 is 0.642 bits per heavy atom. The van der Waals surface area contributed by atoms with E-state index in [4.69, 9.17) is 17.2 Å². The van der Waals surface area contributed by atoms with Crippen LogP contribution < -0.4 is 43.8 Å². The number of primary amides is 2. The molecule has 6 unspecified atom stereocenters. The Hall–Kier alpha value is -5.34. The maximum Gasteiger partial charge on any atom is 0.327 e. The summed E-state index contributed by atoms with van der Waals surface area (Å²) in [6.07, 6.45) is -1.71. The molecule has 1 saturated heterocycles. The molecule has 53 heavy (non-hydrogen) atoms. The van der Waals surface area contributed by atoms with Crippen LogP contribution in [0, 0.1) is 0 Å². The minimum atomic E-state index is -1.68. The van der Waals surface area contributed by atoms with Crippen LogP contribution in [-0.2, 0) is 51.2 Å². The highest BCUT2D eigenvalue weighted by atomic mass is 33.1. The van der Waals surface area contributed by atoms with Crippen LogP contribution >= 0.6 is 21.6 Å². The van der Waals surface area contributed by atoms with Gasteiger partial charge in [-0.1, -0.05) is 64.1 Å². The summed E-state index contributed by atoms with van der Waals surface area (Å²) in [5.41, 5.74) is 17.9. The van der Waals surface area contributed by atoms with Crippen LogP contribution in [0.4, 0.5) is 0 Å². The van der Waals surface area contributed by atoms with Gasteiger partial charge in [0.25, 0.3) is 0 Å². The normalized spacial score (nSPS) is 24.0. The largest absolute Gasteiger partial charge is 0.508 e. The van der Waals surface area contributed by atoms with Crippen molar-refractivity contribution in [2.24, 2.45) is 17.2 Å². The number of carboxylic acids is 1. The molecule has 7 amide bonds. The van der Waals surface area contributed by atoms with Gasteiger partial charge in [0.2, 0.25) is 41.4 Å². The van der Waals surface area contributed by atoms with E-state index < -0.39 is 96.4 Å². The predicted octanol–water partition coefficient (Wildman–Crippen LogP) is -2.45. The van der Waals surface area contributed by atoms with Crippen molar-refractivity contribution in [1.29, 1.82) is 0 Å². The highest BCUT2D eigenvalue weighted by molar-refractivity contribution is 8.76. The number of carbonyl (C=O) groups is 8. The zero-order chi connectivity index (χ0) is 39.1. The van der Waals surface area contributed by atoms with Crippen molar-refractivity contribution in [3.8, 4) is 5.75 Å². The summed E-state index contributed by atoms with van der Waals surface area (Å²) in [7, 11) is 1.99. The molecule has 20 heteroatoms. The van der Waals surface area contributed by atoms with Crippen LogP contribution in [0.1, 0.15) is 30.4 Å². The Bertz CT molecular complexity index is 1650. The summed E-state index contributed by atoms with van der Waals surface area (Å²) in [5, 5.41) is 31.8. The summed E-state index contributed by atoms with van der Waals surface area (Å²) < 4.78 is 0. The number of hydrogen-bond donors (Lipinski definition) is 10. The van der Waals surface area contributed by atoms with Gasteiger partial charge in [0, 0.05) is 30.8 Å². The third kappa shape index (κ3) is 14.3. The van der Waals surface area contributed by atoms with E-state index in [0.717, 1.165) is 21.6 Å².